The molecule has 3 aromatic carbocycles. The van der Waals surface area contributed by atoms with Crippen LogP contribution in [0.3, 0.4) is 0 Å². The van der Waals surface area contributed by atoms with Crippen LogP contribution in [0.15, 0.2) is 83.8 Å². The Hall–Kier alpha value is -3.42. The number of amides is 1. The van der Waals surface area contributed by atoms with Gasteiger partial charge in [-0.2, -0.15) is 0 Å². The Kier molecular flexibility index (Phi) is 7.22. The second-order valence-corrected chi connectivity index (χ2v) is 8.81. The van der Waals surface area contributed by atoms with Crippen LogP contribution in [-0.4, -0.2) is 22.8 Å². The smallest absolute Gasteiger partial charge is 0.338 e. The van der Waals surface area contributed by atoms with E-state index in [0.717, 1.165) is 16.9 Å². The van der Waals surface area contributed by atoms with Gasteiger partial charge in [-0.25, -0.2) is 4.79 Å². The maximum Gasteiger partial charge on any atom is 0.338 e. The van der Waals surface area contributed by atoms with E-state index in [2.05, 4.69) is 0 Å². The molecule has 0 unspecified atom stereocenters. The highest BCUT2D eigenvalue weighted by Gasteiger charge is 2.33. The average Bonchev–Trinajstić information content (AvgIpc) is 3.12. The number of benzene rings is 3. The maximum absolute atomic E-state index is 13.1. The van der Waals surface area contributed by atoms with E-state index in [4.69, 9.17) is 21.7 Å². The molecule has 1 amide bonds. The number of hydrogen-bond donors (Lipinski definition) is 0. The van der Waals surface area contributed by atoms with Crippen LogP contribution in [0.1, 0.15) is 28.4 Å². The number of carbonyl (C=O) groups is 2. The van der Waals surface area contributed by atoms with Crippen LogP contribution in [-0.2, 0) is 16.1 Å². The lowest BCUT2D eigenvalue weighted by Crippen LogP contribution is -2.27. The molecule has 0 bridgehead atoms. The van der Waals surface area contributed by atoms with E-state index in [1.165, 1.54) is 16.7 Å². The molecule has 5 nitrogen and oxygen atoms in total. The fraction of sp³-hybridized carbons (Fsp3) is 0.115. The normalized spacial score (nSPS) is 14.6. The second kappa shape index (κ2) is 10.5. The lowest BCUT2D eigenvalue weighted by molar-refractivity contribution is -0.113. The number of ether oxygens (including phenoxy) is 2. The van der Waals surface area contributed by atoms with Crippen molar-refractivity contribution >= 4 is 51.9 Å². The van der Waals surface area contributed by atoms with E-state index >= 15 is 0 Å². The summed E-state index contributed by atoms with van der Waals surface area (Å²) in [4.78, 5) is 27.1. The van der Waals surface area contributed by atoms with Crippen molar-refractivity contribution in [1.29, 1.82) is 0 Å². The predicted molar refractivity (Wildman–Crippen MR) is 135 cm³/mol. The number of thioether (sulfide) groups is 1. The van der Waals surface area contributed by atoms with Gasteiger partial charge in [-0.3, -0.25) is 9.69 Å². The average molecular weight is 476 g/mol. The molecule has 1 heterocycles. The Balaban J connectivity index is 1.46. The summed E-state index contributed by atoms with van der Waals surface area (Å²) in [5, 5.41) is 0. The summed E-state index contributed by atoms with van der Waals surface area (Å²) in [6, 6.07) is 24.2. The van der Waals surface area contributed by atoms with Crippen molar-refractivity contribution in [3.63, 3.8) is 0 Å². The van der Waals surface area contributed by atoms with Crippen LogP contribution in [0.2, 0.25) is 0 Å². The van der Waals surface area contributed by atoms with Gasteiger partial charge in [0.2, 0.25) is 0 Å². The molecule has 0 N–H and O–H groups in total. The Bertz CT molecular complexity index is 1210. The Morgan fingerprint density at radius 3 is 2.52 bits per heavy atom. The maximum atomic E-state index is 13.1. The summed E-state index contributed by atoms with van der Waals surface area (Å²) in [6.45, 7) is 2.52. The van der Waals surface area contributed by atoms with Gasteiger partial charge in [0.25, 0.3) is 5.91 Å². The van der Waals surface area contributed by atoms with Gasteiger partial charge in [-0.05, 0) is 54.5 Å². The van der Waals surface area contributed by atoms with Crippen molar-refractivity contribution in [2.45, 2.75) is 13.5 Å². The van der Waals surface area contributed by atoms with Crippen LogP contribution >= 0.6 is 24.0 Å². The lowest BCUT2D eigenvalue weighted by Gasteiger charge is -2.15. The molecule has 166 valence electrons. The van der Waals surface area contributed by atoms with Gasteiger partial charge < -0.3 is 9.47 Å². The molecule has 0 aliphatic carbocycles. The molecule has 1 saturated heterocycles. The van der Waals surface area contributed by atoms with Gasteiger partial charge in [0.15, 0.2) is 4.32 Å². The number of esters is 1. The summed E-state index contributed by atoms with van der Waals surface area (Å²) >= 11 is 6.67. The van der Waals surface area contributed by atoms with E-state index in [1.54, 1.807) is 37.3 Å². The molecular formula is C26H21NO4S2. The molecule has 0 spiro atoms. The SMILES string of the molecule is CCOC(=O)c1cccc(N2C(=O)/C(=C/c3ccc(OCc4ccccc4)cc3)SC2=S)c1. The minimum atomic E-state index is -0.435. The Morgan fingerprint density at radius 2 is 1.79 bits per heavy atom. The largest absolute Gasteiger partial charge is 0.489 e. The lowest BCUT2D eigenvalue weighted by atomic mass is 10.1. The number of nitrogens with zero attached hydrogens (tertiary/aromatic N) is 1. The van der Waals surface area contributed by atoms with Gasteiger partial charge in [0.05, 0.1) is 22.8 Å². The summed E-state index contributed by atoms with van der Waals surface area (Å²) < 4.78 is 11.3. The van der Waals surface area contributed by atoms with Crippen LogP contribution in [0.25, 0.3) is 6.08 Å². The first-order valence-electron chi connectivity index (χ1n) is 10.4. The quantitative estimate of drug-likeness (QED) is 0.243. The third-order valence-corrected chi connectivity index (χ3v) is 6.14. The third kappa shape index (κ3) is 5.50. The van der Waals surface area contributed by atoms with E-state index in [-0.39, 0.29) is 12.5 Å². The minimum Gasteiger partial charge on any atom is -0.489 e. The predicted octanol–water partition coefficient (Wildman–Crippen LogP) is 5.85. The molecule has 0 saturated carbocycles. The topological polar surface area (TPSA) is 55.8 Å². The fourth-order valence-electron chi connectivity index (χ4n) is 3.23. The van der Waals surface area contributed by atoms with E-state index in [9.17, 15) is 9.59 Å². The van der Waals surface area contributed by atoms with Gasteiger partial charge in [0.1, 0.15) is 12.4 Å². The minimum absolute atomic E-state index is 0.226. The molecule has 1 aliphatic rings. The van der Waals surface area contributed by atoms with Crippen LogP contribution in [0.5, 0.6) is 5.75 Å². The first-order valence-corrected chi connectivity index (χ1v) is 11.6. The summed E-state index contributed by atoms with van der Waals surface area (Å²) in [5.41, 5.74) is 2.87. The van der Waals surface area contributed by atoms with Crippen molar-refractivity contribution in [2.75, 3.05) is 11.5 Å². The van der Waals surface area contributed by atoms with E-state index in [1.807, 2.05) is 54.6 Å². The summed E-state index contributed by atoms with van der Waals surface area (Å²) in [6.07, 6.45) is 1.80. The van der Waals surface area contributed by atoms with Crippen molar-refractivity contribution in [1.82, 2.24) is 0 Å². The molecule has 0 atom stereocenters. The fourth-order valence-corrected chi connectivity index (χ4v) is 4.53. The van der Waals surface area contributed by atoms with Crippen LogP contribution < -0.4 is 9.64 Å². The van der Waals surface area contributed by atoms with Crippen LogP contribution in [0, 0.1) is 0 Å². The summed E-state index contributed by atoms with van der Waals surface area (Å²) in [5.74, 6) is 0.0876. The van der Waals surface area contributed by atoms with Gasteiger partial charge in [-0.15, -0.1) is 0 Å². The molecular weight excluding hydrogens is 454 g/mol. The number of rotatable bonds is 7. The molecule has 7 heteroatoms. The zero-order chi connectivity index (χ0) is 23.2. The Labute approximate surface area is 202 Å². The van der Waals surface area contributed by atoms with E-state index in [0.29, 0.717) is 27.1 Å². The second-order valence-electron chi connectivity index (χ2n) is 7.13. The number of carbonyl (C=O) groups excluding carboxylic acids is 2. The van der Waals surface area contributed by atoms with Gasteiger partial charge in [-0.1, -0.05) is 72.5 Å². The highest BCUT2D eigenvalue weighted by atomic mass is 32.2. The van der Waals surface area contributed by atoms with Gasteiger partial charge in [0, 0.05) is 0 Å². The molecule has 0 radical (unpaired) electrons. The molecule has 1 fully saturated rings. The first kappa shape index (κ1) is 22.8. The van der Waals surface area contributed by atoms with Crippen LogP contribution in [0.4, 0.5) is 5.69 Å². The van der Waals surface area contributed by atoms with Crippen molar-refractivity contribution < 1.29 is 19.1 Å². The van der Waals surface area contributed by atoms with Crippen molar-refractivity contribution in [2.24, 2.45) is 0 Å². The number of hydrogen-bond acceptors (Lipinski definition) is 6. The van der Waals surface area contributed by atoms with Crippen molar-refractivity contribution in [3.8, 4) is 5.75 Å². The highest BCUT2D eigenvalue weighted by Crippen LogP contribution is 2.36. The number of thiocarbonyl (C=S) groups is 1. The molecule has 0 aromatic heterocycles. The summed E-state index contributed by atoms with van der Waals surface area (Å²) in [7, 11) is 0. The highest BCUT2D eigenvalue weighted by molar-refractivity contribution is 8.27. The van der Waals surface area contributed by atoms with Gasteiger partial charge >= 0.3 is 5.97 Å². The standard InChI is InChI=1S/C26H21NO4S2/c1-2-30-25(29)20-9-6-10-21(16-20)27-24(28)23(33-26(27)32)15-18-11-13-22(14-12-18)31-17-19-7-4-3-5-8-19/h3-16H,2,17H2,1H3/b23-15-. The van der Waals surface area contributed by atoms with E-state index < -0.39 is 5.97 Å². The Morgan fingerprint density at radius 1 is 1.03 bits per heavy atom. The van der Waals surface area contributed by atoms with Crippen molar-refractivity contribution in [3.05, 3.63) is 100 Å². The third-order valence-electron chi connectivity index (χ3n) is 4.84. The zero-order valence-electron chi connectivity index (χ0n) is 17.9. The molecule has 1 aliphatic heterocycles. The zero-order valence-corrected chi connectivity index (χ0v) is 19.5. The molecule has 4 rings (SSSR count). The first-order chi connectivity index (χ1) is 16.0. The molecule has 3 aromatic rings. The monoisotopic (exact) mass is 475 g/mol. The number of anilines is 1. The molecule has 33 heavy (non-hydrogen) atoms.